The molecule has 1 N–H and O–H groups in total. The Kier molecular flexibility index (Phi) is 3.53. The van der Waals surface area contributed by atoms with E-state index < -0.39 is 0 Å². The first-order chi connectivity index (χ1) is 9.47. The minimum Gasteiger partial charge on any atom is -0.487 e. The van der Waals surface area contributed by atoms with Crippen molar-refractivity contribution in [1.82, 2.24) is 5.32 Å². The van der Waals surface area contributed by atoms with E-state index in [0.29, 0.717) is 5.92 Å². The first-order valence-corrected chi connectivity index (χ1v) is 8.11. The van der Waals surface area contributed by atoms with Crippen LogP contribution in [0.3, 0.4) is 0 Å². The lowest BCUT2D eigenvalue weighted by Gasteiger charge is -2.47. The van der Waals surface area contributed by atoms with Crippen molar-refractivity contribution in [2.45, 2.75) is 55.5 Å². The van der Waals surface area contributed by atoms with E-state index in [-0.39, 0.29) is 22.4 Å². The van der Waals surface area contributed by atoms with Crippen molar-refractivity contribution in [2.24, 2.45) is 0 Å². The monoisotopic (exact) mass is 337 g/mol. The minimum atomic E-state index is -0.162. The first kappa shape index (κ1) is 13.9. The maximum Gasteiger partial charge on any atom is 0.233 e. The lowest BCUT2D eigenvalue weighted by molar-refractivity contribution is -0.121. The highest BCUT2D eigenvalue weighted by Crippen LogP contribution is 2.48. The van der Waals surface area contributed by atoms with Gasteiger partial charge in [-0.05, 0) is 44.2 Å². The molecule has 1 aromatic rings. The van der Waals surface area contributed by atoms with Crippen LogP contribution in [-0.2, 0) is 4.79 Å². The minimum absolute atomic E-state index is 0.0619. The van der Waals surface area contributed by atoms with Gasteiger partial charge in [0.15, 0.2) is 0 Å². The van der Waals surface area contributed by atoms with Crippen molar-refractivity contribution in [3.63, 3.8) is 0 Å². The molecule has 1 heterocycles. The van der Waals surface area contributed by atoms with Gasteiger partial charge in [0, 0.05) is 12.5 Å². The molecule has 1 fully saturated rings. The topological polar surface area (TPSA) is 38.3 Å². The third kappa shape index (κ3) is 2.58. The largest absolute Gasteiger partial charge is 0.487 e. The maximum absolute atomic E-state index is 11.9. The van der Waals surface area contributed by atoms with Crippen LogP contribution in [0.15, 0.2) is 24.3 Å². The molecule has 20 heavy (non-hydrogen) atoms. The van der Waals surface area contributed by atoms with Crippen molar-refractivity contribution in [2.75, 3.05) is 0 Å². The number of benzene rings is 1. The average Bonchev–Trinajstić information content (AvgIpc) is 2.37. The normalized spacial score (nSPS) is 32.8. The Morgan fingerprint density at radius 3 is 2.95 bits per heavy atom. The lowest BCUT2D eigenvalue weighted by atomic mass is 9.71. The van der Waals surface area contributed by atoms with E-state index in [1.807, 2.05) is 13.0 Å². The molecule has 2 bridgehead atoms. The summed E-state index contributed by atoms with van der Waals surface area (Å²) in [5.41, 5.74) is 1.13. The zero-order valence-corrected chi connectivity index (χ0v) is 13.4. The Hall–Kier alpha value is -1.03. The Morgan fingerprint density at radius 2 is 2.20 bits per heavy atom. The van der Waals surface area contributed by atoms with Gasteiger partial charge in [0.05, 0.1) is 4.83 Å². The third-order valence-corrected chi connectivity index (χ3v) is 4.76. The zero-order valence-electron chi connectivity index (χ0n) is 11.9. The van der Waals surface area contributed by atoms with Crippen LogP contribution in [0.25, 0.3) is 0 Å². The van der Waals surface area contributed by atoms with Crippen LogP contribution in [0.5, 0.6) is 5.75 Å². The molecule has 0 saturated heterocycles. The van der Waals surface area contributed by atoms with Crippen molar-refractivity contribution < 1.29 is 9.53 Å². The summed E-state index contributed by atoms with van der Waals surface area (Å²) in [7, 11) is 0. The van der Waals surface area contributed by atoms with Crippen LogP contribution >= 0.6 is 15.9 Å². The van der Waals surface area contributed by atoms with Gasteiger partial charge in [-0.1, -0.05) is 34.1 Å². The fourth-order valence-electron chi connectivity index (χ4n) is 3.56. The lowest BCUT2D eigenvalue weighted by Crippen LogP contribution is -2.52. The molecule has 1 aliphatic heterocycles. The molecule has 4 unspecified atom stereocenters. The fraction of sp³-hybridized carbons (Fsp3) is 0.562. The summed E-state index contributed by atoms with van der Waals surface area (Å²) in [5, 5.41) is 3.14. The van der Waals surface area contributed by atoms with E-state index in [2.05, 4.69) is 46.4 Å². The quantitative estimate of drug-likeness (QED) is 0.840. The number of hydrogen-bond acceptors (Lipinski definition) is 2. The number of hydrogen-bond donors (Lipinski definition) is 1. The van der Waals surface area contributed by atoms with Crippen LogP contribution in [0.2, 0.25) is 0 Å². The molecule has 1 amide bonds. The van der Waals surface area contributed by atoms with Gasteiger partial charge in [0.2, 0.25) is 5.91 Å². The molecule has 4 atom stereocenters. The van der Waals surface area contributed by atoms with E-state index in [1.54, 1.807) is 0 Å². The van der Waals surface area contributed by atoms with Crippen LogP contribution in [-0.4, -0.2) is 22.4 Å². The van der Waals surface area contributed by atoms with Gasteiger partial charge < -0.3 is 10.1 Å². The smallest absolute Gasteiger partial charge is 0.233 e. The number of halogens is 1. The number of amides is 1. The third-order valence-electron chi connectivity index (χ3n) is 4.35. The SMILES string of the molecule is CC(Br)C(=O)NC1CC2CC(C)(C1)Oc1ccccc12. The summed E-state index contributed by atoms with van der Waals surface area (Å²) < 4.78 is 6.20. The number of alkyl halides is 1. The van der Waals surface area contributed by atoms with Gasteiger partial charge in [-0.3, -0.25) is 4.79 Å². The van der Waals surface area contributed by atoms with E-state index in [9.17, 15) is 4.79 Å². The second-order valence-corrected chi connectivity index (χ2v) is 7.63. The molecule has 0 radical (unpaired) electrons. The molecule has 2 aliphatic rings. The van der Waals surface area contributed by atoms with E-state index in [1.165, 1.54) is 5.56 Å². The summed E-state index contributed by atoms with van der Waals surface area (Å²) in [6, 6.07) is 8.48. The second-order valence-electron chi connectivity index (χ2n) is 6.25. The zero-order chi connectivity index (χ0) is 14.3. The molecule has 1 saturated carbocycles. The van der Waals surface area contributed by atoms with Crippen LogP contribution in [0, 0.1) is 0 Å². The van der Waals surface area contributed by atoms with Crippen molar-refractivity contribution >= 4 is 21.8 Å². The number of carbonyl (C=O) groups is 1. The molecule has 4 heteroatoms. The fourth-order valence-corrected chi connectivity index (χ4v) is 3.69. The van der Waals surface area contributed by atoms with Crippen LogP contribution in [0.4, 0.5) is 0 Å². The second kappa shape index (κ2) is 5.06. The molecule has 3 rings (SSSR count). The summed E-state index contributed by atoms with van der Waals surface area (Å²) in [6.07, 6.45) is 2.92. The van der Waals surface area contributed by atoms with E-state index >= 15 is 0 Å². The number of para-hydroxylation sites is 1. The summed E-state index contributed by atoms with van der Waals surface area (Å²) in [6.45, 7) is 4.01. The Labute approximate surface area is 128 Å². The molecular weight excluding hydrogens is 318 g/mol. The Morgan fingerprint density at radius 1 is 1.45 bits per heavy atom. The summed E-state index contributed by atoms with van der Waals surface area (Å²) in [5.74, 6) is 1.56. The van der Waals surface area contributed by atoms with Crippen molar-refractivity contribution in [3.05, 3.63) is 29.8 Å². The summed E-state index contributed by atoms with van der Waals surface area (Å²) in [4.78, 5) is 11.7. The number of nitrogens with one attached hydrogen (secondary N) is 1. The number of ether oxygens (including phenoxy) is 1. The van der Waals surface area contributed by atoms with Gasteiger partial charge >= 0.3 is 0 Å². The summed E-state index contributed by atoms with van der Waals surface area (Å²) >= 11 is 3.32. The van der Waals surface area contributed by atoms with Crippen LogP contribution < -0.4 is 10.1 Å². The number of rotatable bonds is 2. The molecule has 3 nitrogen and oxygen atoms in total. The maximum atomic E-state index is 11.9. The van der Waals surface area contributed by atoms with Gasteiger partial charge in [-0.2, -0.15) is 0 Å². The molecule has 1 aromatic carbocycles. The molecule has 1 aliphatic carbocycles. The van der Waals surface area contributed by atoms with Gasteiger partial charge in [-0.15, -0.1) is 0 Å². The van der Waals surface area contributed by atoms with E-state index in [4.69, 9.17) is 4.74 Å². The average molecular weight is 338 g/mol. The standard InChI is InChI=1S/C16H20BrNO2/c1-10(17)15(19)18-12-7-11-8-16(2,9-12)20-14-6-4-3-5-13(11)14/h3-6,10-12H,7-9H2,1-2H3,(H,18,19). The predicted molar refractivity (Wildman–Crippen MR) is 82.4 cm³/mol. The van der Waals surface area contributed by atoms with Gasteiger partial charge in [0.1, 0.15) is 11.4 Å². The van der Waals surface area contributed by atoms with Gasteiger partial charge in [0.25, 0.3) is 0 Å². The van der Waals surface area contributed by atoms with E-state index in [0.717, 1.165) is 25.0 Å². The highest BCUT2D eigenvalue weighted by atomic mass is 79.9. The molecule has 0 spiro atoms. The number of fused-ring (bicyclic) bond motifs is 4. The van der Waals surface area contributed by atoms with Crippen molar-refractivity contribution in [1.29, 1.82) is 0 Å². The van der Waals surface area contributed by atoms with Crippen LogP contribution in [0.1, 0.15) is 44.6 Å². The molecular formula is C16H20BrNO2. The highest BCUT2D eigenvalue weighted by molar-refractivity contribution is 9.10. The Balaban J connectivity index is 1.82. The predicted octanol–water partition coefficient (Wildman–Crippen LogP) is 3.37. The first-order valence-electron chi connectivity index (χ1n) is 7.19. The Bertz CT molecular complexity index is 531. The highest BCUT2D eigenvalue weighted by Gasteiger charge is 2.44. The molecule has 108 valence electrons. The number of carbonyl (C=O) groups excluding carboxylic acids is 1. The van der Waals surface area contributed by atoms with Crippen molar-refractivity contribution in [3.8, 4) is 5.75 Å². The van der Waals surface area contributed by atoms with Gasteiger partial charge in [-0.25, -0.2) is 0 Å². The molecule has 0 aromatic heterocycles.